The van der Waals surface area contributed by atoms with E-state index in [1.165, 1.54) is 14.1 Å². The highest BCUT2D eigenvalue weighted by molar-refractivity contribution is 9.13. The van der Waals surface area contributed by atoms with E-state index in [9.17, 15) is 19.2 Å². The number of rotatable bonds is 0. The number of halogens is 4. The molecule has 6 nitrogen and oxygen atoms in total. The van der Waals surface area contributed by atoms with E-state index >= 15 is 0 Å². The quantitative estimate of drug-likeness (QED) is 0.417. The van der Waals surface area contributed by atoms with Crippen molar-refractivity contribution in [3.63, 3.8) is 0 Å². The molecule has 4 amide bonds. The molecule has 2 aromatic carbocycles. The van der Waals surface area contributed by atoms with Gasteiger partial charge in [-0.05, 0) is 63.7 Å². The lowest BCUT2D eigenvalue weighted by atomic mass is 9.86. The van der Waals surface area contributed by atoms with Gasteiger partial charge in [-0.25, -0.2) is 0 Å². The molecule has 2 aromatic rings. The third-order valence-electron chi connectivity index (χ3n) is 4.59. The fourth-order valence-corrected chi connectivity index (χ4v) is 5.55. The van der Waals surface area contributed by atoms with Crippen LogP contribution in [0.1, 0.15) is 41.4 Å². The highest BCUT2D eigenvalue weighted by atomic mass is 79.9. The molecule has 0 atom stereocenters. The van der Waals surface area contributed by atoms with Crippen molar-refractivity contribution in [3.05, 3.63) is 40.1 Å². The van der Waals surface area contributed by atoms with Crippen LogP contribution in [0.15, 0.2) is 17.9 Å². The van der Waals surface area contributed by atoms with Gasteiger partial charge >= 0.3 is 0 Å². The predicted octanol–water partition coefficient (Wildman–Crippen LogP) is 4.34. The van der Waals surface area contributed by atoms with Crippen LogP contribution in [0.3, 0.4) is 0 Å². The van der Waals surface area contributed by atoms with Gasteiger partial charge in [0.2, 0.25) is 0 Å². The Kier molecular flexibility index (Phi) is 4.00. The van der Waals surface area contributed by atoms with Crippen molar-refractivity contribution >= 4 is 98.1 Å². The average molecular weight is 610 g/mol. The number of hydrogen-bond donors (Lipinski definition) is 0. The van der Waals surface area contributed by atoms with Crippen LogP contribution in [0.25, 0.3) is 10.8 Å². The number of nitrogens with zero attached hydrogens (tertiary/aromatic N) is 2. The lowest BCUT2D eigenvalue weighted by Gasteiger charge is -2.32. The monoisotopic (exact) mass is 606 g/mol. The maximum absolute atomic E-state index is 12.8. The minimum absolute atomic E-state index is 0.229. The molecule has 0 saturated carbocycles. The highest BCUT2D eigenvalue weighted by Gasteiger charge is 2.43. The second-order valence-electron chi connectivity index (χ2n) is 5.84. The molecule has 0 saturated heterocycles. The van der Waals surface area contributed by atoms with Gasteiger partial charge < -0.3 is 0 Å². The summed E-state index contributed by atoms with van der Waals surface area (Å²) < 4.78 is 1.45. The van der Waals surface area contributed by atoms with Crippen LogP contribution < -0.4 is 0 Å². The largest absolute Gasteiger partial charge is 0.277 e. The first-order valence-corrected chi connectivity index (χ1v) is 10.3. The van der Waals surface area contributed by atoms with Crippen molar-refractivity contribution in [1.82, 2.24) is 9.80 Å². The van der Waals surface area contributed by atoms with Gasteiger partial charge in [0.05, 0.1) is 22.3 Å². The van der Waals surface area contributed by atoms with Gasteiger partial charge in [0, 0.05) is 42.8 Å². The molecule has 0 fully saturated rings. The summed E-state index contributed by atoms with van der Waals surface area (Å²) in [7, 11) is 2.77. The van der Waals surface area contributed by atoms with Crippen molar-refractivity contribution in [2.45, 2.75) is 0 Å². The van der Waals surface area contributed by atoms with Crippen molar-refractivity contribution in [1.29, 1.82) is 0 Å². The minimum atomic E-state index is -0.513. The summed E-state index contributed by atoms with van der Waals surface area (Å²) in [5, 5.41) is 0.589. The number of imide groups is 2. The van der Waals surface area contributed by atoms with E-state index in [0.29, 0.717) is 28.7 Å². The van der Waals surface area contributed by atoms with Gasteiger partial charge in [-0.3, -0.25) is 29.0 Å². The fourth-order valence-electron chi connectivity index (χ4n) is 3.29. The third kappa shape index (κ3) is 1.96. The molecule has 0 aromatic heterocycles. The van der Waals surface area contributed by atoms with Crippen LogP contribution in [0.2, 0.25) is 0 Å². The van der Waals surface area contributed by atoms with E-state index in [0.717, 1.165) is 9.80 Å². The molecular formula is C16H6Br4N2O4. The van der Waals surface area contributed by atoms with Crippen molar-refractivity contribution in [2.24, 2.45) is 0 Å². The summed E-state index contributed by atoms with van der Waals surface area (Å²) in [6.45, 7) is 0. The summed E-state index contributed by atoms with van der Waals surface area (Å²) in [5.41, 5.74) is 0.916. The molecule has 0 bridgehead atoms. The van der Waals surface area contributed by atoms with E-state index in [1.807, 2.05) is 0 Å². The van der Waals surface area contributed by atoms with E-state index in [4.69, 9.17) is 0 Å². The second kappa shape index (κ2) is 5.70. The van der Waals surface area contributed by atoms with Crippen LogP contribution in [0, 0.1) is 0 Å². The Morgan fingerprint density at radius 3 is 0.885 bits per heavy atom. The zero-order chi connectivity index (χ0) is 19.2. The standard InChI is InChI=1S/C16H6Br4N2O4/c1-21-13(23)5-3-4-7(11(19)9(5)17)15(25)22(2)16(26)8(4)12(20)10(18)6(3)14(21)24/h1-2H3. The summed E-state index contributed by atoms with van der Waals surface area (Å²) in [4.78, 5) is 53.2. The van der Waals surface area contributed by atoms with Gasteiger partial charge in [0.15, 0.2) is 0 Å². The maximum Gasteiger partial charge on any atom is 0.262 e. The Morgan fingerprint density at radius 2 is 0.692 bits per heavy atom. The molecule has 0 aliphatic carbocycles. The lowest BCUT2D eigenvalue weighted by Crippen LogP contribution is -2.41. The van der Waals surface area contributed by atoms with E-state index < -0.39 is 23.6 Å². The normalized spacial score (nSPS) is 16.2. The summed E-state index contributed by atoms with van der Waals surface area (Å²) in [6, 6.07) is 0. The smallest absolute Gasteiger partial charge is 0.262 e. The van der Waals surface area contributed by atoms with Crippen molar-refractivity contribution in [3.8, 4) is 0 Å². The van der Waals surface area contributed by atoms with Gasteiger partial charge in [0.1, 0.15) is 0 Å². The first-order chi connectivity index (χ1) is 12.1. The summed E-state index contributed by atoms with van der Waals surface area (Å²) in [6.07, 6.45) is 0. The Bertz CT molecular complexity index is 970. The Labute approximate surface area is 180 Å². The van der Waals surface area contributed by atoms with Crippen LogP contribution >= 0.6 is 63.7 Å². The van der Waals surface area contributed by atoms with Crippen LogP contribution in [0.4, 0.5) is 0 Å². The molecule has 10 heteroatoms. The molecule has 0 unspecified atom stereocenters. The summed E-state index contributed by atoms with van der Waals surface area (Å²) >= 11 is 13.5. The first kappa shape index (κ1) is 18.3. The van der Waals surface area contributed by atoms with Crippen LogP contribution in [-0.4, -0.2) is 47.5 Å². The maximum atomic E-state index is 12.8. The highest BCUT2D eigenvalue weighted by Crippen LogP contribution is 2.49. The lowest BCUT2D eigenvalue weighted by molar-refractivity contribution is 0.0627. The zero-order valence-corrected chi connectivity index (χ0v) is 19.4. The molecule has 0 spiro atoms. The number of amides is 4. The van der Waals surface area contributed by atoms with Crippen molar-refractivity contribution < 1.29 is 19.2 Å². The minimum Gasteiger partial charge on any atom is -0.277 e. The Morgan fingerprint density at radius 1 is 0.500 bits per heavy atom. The van der Waals surface area contributed by atoms with Crippen LogP contribution in [-0.2, 0) is 0 Å². The average Bonchev–Trinajstić information content (AvgIpc) is 2.60. The third-order valence-corrected chi connectivity index (χ3v) is 8.82. The second-order valence-corrected chi connectivity index (χ2v) is 9.02. The topological polar surface area (TPSA) is 74.8 Å². The molecule has 0 radical (unpaired) electrons. The molecule has 132 valence electrons. The number of benzene rings is 2. The summed E-state index contributed by atoms with van der Waals surface area (Å²) in [5.74, 6) is -2.05. The Hall–Kier alpha value is -1.10. The van der Waals surface area contributed by atoms with Gasteiger partial charge in [-0.15, -0.1) is 0 Å². The van der Waals surface area contributed by atoms with E-state index in [1.54, 1.807) is 0 Å². The molecule has 2 heterocycles. The molecule has 2 aliphatic rings. The SMILES string of the molecule is CN1C(=O)c2c(Br)c(Br)c3c4c(c(Br)c(Br)c(c24)C1=O)C(=O)N(C)C3=O. The van der Waals surface area contributed by atoms with Crippen LogP contribution in [0.5, 0.6) is 0 Å². The number of carbonyl (C=O) groups is 4. The van der Waals surface area contributed by atoms with Gasteiger partial charge in [-0.1, -0.05) is 0 Å². The zero-order valence-electron chi connectivity index (χ0n) is 13.0. The molecule has 4 rings (SSSR count). The molecule has 0 N–H and O–H groups in total. The molecule has 2 aliphatic heterocycles. The van der Waals surface area contributed by atoms with Crippen molar-refractivity contribution in [2.75, 3.05) is 14.1 Å². The molecule has 26 heavy (non-hydrogen) atoms. The molecular weight excluding hydrogens is 604 g/mol. The first-order valence-electron chi connectivity index (χ1n) is 7.11. The number of carbonyl (C=O) groups excluding carboxylic acids is 4. The predicted molar refractivity (Wildman–Crippen MR) is 108 cm³/mol. The Balaban J connectivity index is 2.42. The van der Waals surface area contributed by atoms with E-state index in [2.05, 4.69) is 63.7 Å². The number of hydrogen-bond acceptors (Lipinski definition) is 4. The van der Waals surface area contributed by atoms with Gasteiger partial charge in [0.25, 0.3) is 23.6 Å². The van der Waals surface area contributed by atoms with Gasteiger partial charge in [-0.2, -0.15) is 0 Å². The fraction of sp³-hybridized carbons (Fsp3) is 0.125. The van der Waals surface area contributed by atoms with E-state index in [-0.39, 0.29) is 22.3 Å².